The number of nitrogens with two attached hydrogens (primary N) is 1. The van der Waals surface area contributed by atoms with E-state index >= 15 is 0 Å². The second-order valence-electron chi connectivity index (χ2n) is 4.20. The second-order valence-corrected chi connectivity index (χ2v) is 4.20. The fourth-order valence-corrected chi connectivity index (χ4v) is 1.89. The topological polar surface area (TPSA) is 44.5 Å². The molecule has 0 saturated heterocycles. The maximum atomic E-state index is 5.83. The number of benzene rings is 1. The minimum absolute atomic E-state index is 0.149. The molecule has 1 aromatic carbocycles. The van der Waals surface area contributed by atoms with Crippen LogP contribution in [0.3, 0.4) is 0 Å². The second kappa shape index (κ2) is 5.21. The zero-order valence-corrected chi connectivity index (χ0v) is 10.8. The molecule has 0 aliphatic rings. The summed E-state index contributed by atoms with van der Waals surface area (Å²) in [6, 6.07) is 2.17. The molecule has 0 aliphatic carbocycles. The molecule has 0 radical (unpaired) electrons. The van der Waals surface area contributed by atoms with Gasteiger partial charge in [-0.15, -0.1) is 0 Å². The molecule has 1 atom stereocenters. The summed E-state index contributed by atoms with van der Waals surface area (Å²) in [5, 5.41) is 0. The van der Waals surface area contributed by atoms with Gasteiger partial charge in [0.2, 0.25) is 0 Å². The van der Waals surface area contributed by atoms with Crippen molar-refractivity contribution >= 4 is 0 Å². The van der Waals surface area contributed by atoms with Crippen LogP contribution in [-0.4, -0.2) is 20.3 Å². The molecule has 0 amide bonds. The first kappa shape index (κ1) is 12.8. The molecule has 0 aromatic heterocycles. The molecule has 0 saturated carbocycles. The third kappa shape index (κ3) is 2.47. The number of ether oxygens (including phenoxy) is 2. The van der Waals surface area contributed by atoms with Gasteiger partial charge < -0.3 is 15.2 Å². The summed E-state index contributed by atoms with van der Waals surface area (Å²) in [7, 11) is 3.32. The van der Waals surface area contributed by atoms with E-state index in [4.69, 9.17) is 15.2 Å². The van der Waals surface area contributed by atoms with E-state index in [1.807, 2.05) is 19.9 Å². The number of hydrogen-bond acceptors (Lipinski definition) is 3. The van der Waals surface area contributed by atoms with Crippen LogP contribution in [0.15, 0.2) is 6.07 Å². The van der Waals surface area contributed by atoms with Crippen LogP contribution in [0.5, 0.6) is 11.5 Å². The third-order valence-corrected chi connectivity index (χ3v) is 2.88. The molecule has 0 aliphatic heterocycles. The van der Waals surface area contributed by atoms with Crippen molar-refractivity contribution in [1.29, 1.82) is 0 Å². The van der Waals surface area contributed by atoms with E-state index < -0.39 is 0 Å². The van der Waals surface area contributed by atoms with Crippen LogP contribution in [0, 0.1) is 13.8 Å². The zero-order valence-electron chi connectivity index (χ0n) is 10.8. The summed E-state index contributed by atoms with van der Waals surface area (Å²) in [6.45, 7) is 6.14. The molecule has 0 spiro atoms. The maximum Gasteiger partial charge on any atom is 0.163 e. The Morgan fingerprint density at radius 3 is 2.25 bits per heavy atom. The Hall–Kier alpha value is -1.22. The summed E-state index contributed by atoms with van der Waals surface area (Å²) in [6.07, 6.45) is 0.854. The predicted molar refractivity (Wildman–Crippen MR) is 66.4 cm³/mol. The minimum atomic E-state index is 0.149. The largest absolute Gasteiger partial charge is 0.493 e. The van der Waals surface area contributed by atoms with E-state index in [-0.39, 0.29) is 6.04 Å². The highest BCUT2D eigenvalue weighted by Crippen LogP contribution is 2.35. The van der Waals surface area contributed by atoms with Crippen molar-refractivity contribution < 1.29 is 9.47 Å². The van der Waals surface area contributed by atoms with Crippen LogP contribution in [0.2, 0.25) is 0 Å². The van der Waals surface area contributed by atoms with Crippen LogP contribution >= 0.6 is 0 Å². The van der Waals surface area contributed by atoms with Gasteiger partial charge in [-0.2, -0.15) is 0 Å². The Labute approximate surface area is 97.6 Å². The van der Waals surface area contributed by atoms with E-state index in [0.717, 1.165) is 23.5 Å². The van der Waals surface area contributed by atoms with Crippen LogP contribution < -0.4 is 15.2 Å². The van der Waals surface area contributed by atoms with Crippen molar-refractivity contribution in [1.82, 2.24) is 0 Å². The first-order valence-electron chi connectivity index (χ1n) is 5.47. The molecule has 1 aromatic rings. The van der Waals surface area contributed by atoms with Crippen molar-refractivity contribution in [3.8, 4) is 11.5 Å². The average Bonchev–Trinajstić information content (AvgIpc) is 2.24. The monoisotopic (exact) mass is 223 g/mol. The molecule has 1 rings (SSSR count). The molecular formula is C13H21NO2. The summed E-state index contributed by atoms with van der Waals surface area (Å²) >= 11 is 0. The highest BCUT2D eigenvalue weighted by molar-refractivity contribution is 5.53. The van der Waals surface area contributed by atoms with Gasteiger partial charge in [0, 0.05) is 6.04 Å². The SMILES string of the molecule is COc1cc(CC(C)N)c(C)c(C)c1OC. The van der Waals surface area contributed by atoms with Crippen LogP contribution in [-0.2, 0) is 6.42 Å². The normalized spacial score (nSPS) is 12.4. The molecule has 3 nitrogen and oxygen atoms in total. The maximum absolute atomic E-state index is 5.83. The van der Waals surface area contributed by atoms with Crippen molar-refractivity contribution in [3.05, 3.63) is 22.8 Å². The Morgan fingerprint density at radius 2 is 1.81 bits per heavy atom. The van der Waals surface area contributed by atoms with Gasteiger partial charge in [0.1, 0.15) is 0 Å². The van der Waals surface area contributed by atoms with E-state index in [1.165, 1.54) is 11.1 Å². The van der Waals surface area contributed by atoms with Gasteiger partial charge in [-0.25, -0.2) is 0 Å². The quantitative estimate of drug-likeness (QED) is 0.851. The number of hydrogen-bond donors (Lipinski definition) is 1. The van der Waals surface area contributed by atoms with E-state index in [1.54, 1.807) is 14.2 Å². The predicted octanol–water partition coefficient (Wildman–Crippen LogP) is 2.21. The van der Waals surface area contributed by atoms with Crippen LogP contribution in [0.1, 0.15) is 23.6 Å². The molecule has 0 heterocycles. The molecule has 2 N–H and O–H groups in total. The summed E-state index contributed by atoms with van der Waals surface area (Å²) < 4.78 is 10.7. The highest BCUT2D eigenvalue weighted by atomic mass is 16.5. The van der Waals surface area contributed by atoms with Gasteiger partial charge in [-0.05, 0) is 49.9 Å². The van der Waals surface area contributed by atoms with Gasteiger partial charge in [-0.3, -0.25) is 0 Å². The lowest BCUT2D eigenvalue weighted by Crippen LogP contribution is -2.18. The number of methoxy groups -OCH3 is 2. The lowest BCUT2D eigenvalue weighted by molar-refractivity contribution is 0.352. The lowest BCUT2D eigenvalue weighted by atomic mass is 9.97. The Bertz CT molecular complexity index is 373. The standard InChI is InChI=1S/C13H21NO2/c1-8(14)6-11-7-12(15-4)13(16-5)10(3)9(11)2/h7-8H,6,14H2,1-5H3. The van der Waals surface area contributed by atoms with Crippen LogP contribution in [0.4, 0.5) is 0 Å². The summed E-state index contributed by atoms with van der Waals surface area (Å²) in [5.74, 6) is 1.59. The highest BCUT2D eigenvalue weighted by Gasteiger charge is 2.14. The number of rotatable bonds is 4. The molecule has 1 unspecified atom stereocenters. The molecule has 0 fully saturated rings. The Morgan fingerprint density at radius 1 is 1.19 bits per heavy atom. The Kier molecular flexibility index (Phi) is 4.19. The van der Waals surface area contributed by atoms with E-state index in [2.05, 4.69) is 6.92 Å². The van der Waals surface area contributed by atoms with E-state index in [0.29, 0.717) is 0 Å². The first-order chi connectivity index (χ1) is 7.51. The Balaban J connectivity index is 3.27. The summed E-state index contributed by atoms with van der Waals surface area (Å²) in [4.78, 5) is 0. The average molecular weight is 223 g/mol. The smallest absolute Gasteiger partial charge is 0.163 e. The van der Waals surface area contributed by atoms with Crippen molar-refractivity contribution in [2.24, 2.45) is 5.73 Å². The summed E-state index contributed by atoms with van der Waals surface area (Å²) in [5.41, 5.74) is 9.41. The fraction of sp³-hybridized carbons (Fsp3) is 0.538. The van der Waals surface area contributed by atoms with E-state index in [9.17, 15) is 0 Å². The molecule has 0 bridgehead atoms. The van der Waals surface area contributed by atoms with Gasteiger partial charge >= 0.3 is 0 Å². The molecule has 16 heavy (non-hydrogen) atoms. The van der Waals surface area contributed by atoms with Gasteiger partial charge in [0.05, 0.1) is 14.2 Å². The van der Waals surface area contributed by atoms with Gasteiger partial charge in [-0.1, -0.05) is 0 Å². The van der Waals surface area contributed by atoms with Gasteiger partial charge in [0.25, 0.3) is 0 Å². The van der Waals surface area contributed by atoms with Gasteiger partial charge in [0.15, 0.2) is 11.5 Å². The van der Waals surface area contributed by atoms with Crippen molar-refractivity contribution in [2.45, 2.75) is 33.2 Å². The first-order valence-corrected chi connectivity index (χ1v) is 5.47. The molecular weight excluding hydrogens is 202 g/mol. The molecule has 90 valence electrons. The fourth-order valence-electron chi connectivity index (χ4n) is 1.89. The minimum Gasteiger partial charge on any atom is -0.493 e. The third-order valence-electron chi connectivity index (χ3n) is 2.88. The molecule has 3 heteroatoms. The zero-order chi connectivity index (χ0) is 12.3. The van der Waals surface area contributed by atoms with Crippen molar-refractivity contribution in [3.63, 3.8) is 0 Å². The van der Waals surface area contributed by atoms with Crippen molar-refractivity contribution in [2.75, 3.05) is 14.2 Å². The van der Waals surface area contributed by atoms with Crippen LogP contribution in [0.25, 0.3) is 0 Å². The lowest BCUT2D eigenvalue weighted by Gasteiger charge is -2.17.